The van der Waals surface area contributed by atoms with Crippen LogP contribution in [-0.2, 0) is 16.1 Å². The lowest BCUT2D eigenvalue weighted by atomic mass is 10.2. The van der Waals surface area contributed by atoms with Crippen LogP contribution in [-0.4, -0.2) is 40.1 Å². The van der Waals surface area contributed by atoms with Crippen molar-refractivity contribution in [1.29, 1.82) is 0 Å². The van der Waals surface area contributed by atoms with Crippen LogP contribution in [0.4, 0.5) is 0 Å². The van der Waals surface area contributed by atoms with Gasteiger partial charge in [0.25, 0.3) is 0 Å². The van der Waals surface area contributed by atoms with Gasteiger partial charge >= 0.3 is 5.97 Å². The van der Waals surface area contributed by atoms with Crippen molar-refractivity contribution in [2.45, 2.75) is 25.8 Å². The molecule has 1 amide bonds. The fraction of sp³-hybridized carbons (Fsp3) is 0.429. The predicted octanol–water partition coefficient (Wildman–Crippen LogP) is 1.26. The second-order valence-electron chi connectivity index (χ2n) is 4.27. The summed E-state index contributed by atoms with van der Waals surface area (Å²) in [5.41, 5.74) is 0.988. The molecule has 0 saturated heterocycles. The Morgan fingerprint density at radius 1 is 1.11 bits per heavy atom. The number of hydrogen-bond donors (Lipinski definition) is 2. The summed E-state index contributed by atoms with van der Waals surface area (Å²) in [6.45, 7) is 0.603. The zero-order valence-electron chi connectivity index (χ0n) is 10.8. The first kappa shape index (κ1) is 15.2. The highest BCUT2D eigenvalue weighted by Gasteiger charge is 2.13. The molecule has 0 unspecified atom stereocenters. The van der Waals surface area contributed by atoms with E-state index in [0.717, 1.165) is 5.56 Å². The average molecular weight is 265 g/mol. The van der Waals surface area contributed by atoms with Crippen LogP contribution < -0.4 is 0 Å². The van der Waals surface area contributed by atoms with Gasteiger partial charge in [-0.15, -0.1) is 0 Å². The molecule has 0 spiro atoms. The van der Waals surface area contributed by atoms with E-state index in [-0.39, 0.29) is 31.9 Å². The maximum Gasteiger partial charge on any atom is 0.303 e. The third kappa shape index (κ3) is 6.01. The second-order valence-corrected chi connectivity index (χ2v) is 4.27. The predicted molar refractivity (Wildman–Crippen MR) is 70.4 cm³/mol. The van der Waals surface area contributed by atoms with Gasteiger partial charge in [-0.25, -0.2) is 0 Å². The number of benzene rings is 1. The Hall–Kier alpha value is -1.88. The van der Waals surface area contributed by atoms with E-state index < -0.39 is 5.97 Å². The molecule has 19 heavy (non-hydrogen) atoms. The van der Waals surface area contributed by atoms with Crippen LogP contribution in [0, 0.1) is 0 Å². The number of amides is 1. The van der Waals surface area contributed by atoms with E-state index in [0.29, 0.717) is 13.0 Å². The molecule has 0 aliphatic rings. The van der Waals surface area contributed by atoms with E-state index in [4.69, 9.17) is 10.2 Å². The quantitative estimate of drug-likeness (QED) is 0.742. The molecule has 5 heteroatoms. The lowest BCUT2D eigenvalue weighted by Gasteiger charge is -2.21. The molecule has 0 radical (unpaired) electrons. The lowest BCUT2D eigenvalue weighted by Crippen LogP contribution is -2.33. The Balaban J connectivity index is 2.51. The number of rotatable bonds is 8. The number of aliphatic carboxylic acids is 1. The molecule has 0 aliphatic heterocycles. The van der Waals surface area contributed by atoms with Crippen molar-refractivity contribution < 1.29 is 19.8 Å². The molecule has 0 aliphatic carbocycles. The Morgan fingerprint density at radius 2 is 1.79 bits per heavy atom. The zero-order chi connectivity index (χ0) is 14.1. The van der Waals surface area contributed by atoms with Gasteiger partial charge < -0.3 is 15.1 Å². The van der Waals surface area contributed by atoms with E-state index in [2.05, 4.69) is 0 Å². The van der Waals surface area contributed by atoms with Crippen LogP contribution in [0.1, 0.15) is 24.8 Å². The fourth-order valence-corrected chi connectivity index (χ4v) is 1.77. The van der Waals surface area contributed by atoms with Crippen molar-refractivity contribution in [3.05, 3.63) is 35.9 Å². The van der Waals surface area contributed by atoms with Crippen molar-refractivity contribution in [2.24, 2.45) is 0 Å². The summed E-state index contributed by atoms with van der Waals surface area (Å²) in [6.07, 6.45) is 0.508. The summed E-state index contributed by atoms with van der Waals surface area (Å²) < 4.78 is 0. The Labute approximate surface area is 112 Å². The van der Waals surface area contributed by atoms with Gasteiger partial charge in [0.1, 0.15) is 0 Å². The first-order valence-corrected chi connectivity index (χ1v) is 6.28. The maximum atomic E-state index is 11.9. The van der Waals surface area contributed by atoms with E-state index in [9.17, 15) is 9.59 Å². The molecule has 0 atom stereocenters. The first-order chi connectivity index (χ1) is 9.13. The number of hydrogen-bond acceptors (Lipinski definition) is 3. The average Bonchev–Trinajstić information content (AvgIpc) is 2.39. The van der Waals surface area contributed by atoms with Gasteiger partial charge in [0.15, 0.2) is 0 Å². The van der Waals surface area contributed by atoms with Gasteiger partial charge in [0, 0.05) is 25.9 Å². The molecule has 5 nitrogen and oxygen atoms in total. The molecule has 0 aromatic heterocycles. The molecule has 0 fully saturated rings. The topological polar surface area (TPSA) is 77.8 Å². The van der Waals surface area contributed by atoms with Crippen LogP contribution in [0.5, 0.6) is 0 Å². The van der Waals surface area contributed by atoms with Crippen LogP contribution in [0.25, 0.3) is 0 Å². The Bertz CT molecular complexity index is 405. The number of nitrogens with zero attached hydrogens (tertiary/aromatic N) is 1. The van der Waals surface area contributed by atoms with Crippen LogP contribution in [0.15, 0.2) is 30.3 Å². The number of aliphatic hydroxyl groups is 1. The minimum atomic E-state index is -0.899. The summed E-state index contributed by atoms with van der Waals surface area (Å²) >= 11 is 0. The Kier molecular flexibility index (Phi) is 6.60. The van der Waals surface area contributed by atoms with Crippen molar-refractivity contribution >= 4 is 11.9 Å². The fourth-order valence-electron chi connectivity index (χ4n) is 1.77. The van der Waals surface area contributed by atoms with E-state index in [1.807, 2.05) is 30.3 Å². The van der Waals surface area contributed by atoms with Gasteiger partial charge in [0.2, 0.25) is 5.91 Å². The SMILES string of the molecule is O=C(O)CCCC(=O)N(CCO)Cc1ccccc1. The number of carboxylic acids is 1. The largest absolute Gasteiger partial charge is 0.481 e. The molecule has 1 aromatic carbocycles. The first-order valence-electron chi connectivity index (χ1n) is 6.28. The lowest BCUT2D eigenvalue weighted by molar-refractivity contribution is -0.137. The maximum absolute atomic E-state index is 11.9. The zero-order valence-corrected chi connectivity index (χ0v) is 10.8. The summed E-state index contributed by atoms with van der Waals surface area (Å²) in [6, 6.07) is 9.50. The second kappa shape index (κ2) is 8.26. The van der Waals surface area contributed by atoms with Crippen molar-refractivity contribution in [1.82, 2.24) is 4.90 Å². The van der Waals surface area contributed by atoms with Gasteiger partial charge in [-0.2, -0.15) is 0 Å². The van der Waals surface area contributed by atoms with E-state index in [1.54, 1.807) is 4.90 Å². The third-order valence-electron chi connectivity index (χ3n) is 2.72. The molecule has 1 rings (SSSR count). The standard InChI is InChI=1S/C14H19NO4/c16-10-9-15(11-12-5-2-1-3-6-12)13(17)7-4-8-14(18)19/h1-3,5-6,16H,4,7-11H2,(H,18,19). The number of aliphatic hydroxyl groups excluding tert-OH is 1. The molecule has 0 saturated carbocycles. The molecule has 104 valence electrons. The highest BCUT2D eigenvalue weighted by Crippen LogP contribution is 2.07. The highest BCUT2D eigenvalue weighted by atomic mass is 16.4. The monoisotopic (exact) mass is 265 g/mol. The van der Waals surface area contributed by atoms with Gasteiger partial charge in [-0.05, 0) is 12.0 Å². The summed E-state index contributed by atoms with van der Waals surface area (Å²) in [5.74, 6) is -1.02. The molecular formula is C14H19NO4. The molecule has 1 aromatic rings. The van der Waals surface area contributed by atoms with E-state index in [1.165, 1.54) is 0 Å². The minimum Gasteiger partial charge on any atom is -0.481 e. The normalized spacial score (nSPS) is 10.2. The summed E-state index contributed by atoms with van der Waals surface area (Å²) in [4.78, 5) is 23.9. The van der Waals surface area contributed by atoms with Crippen molar-refractivity contribution in [2.75, 3.05) is 13.2 Å². The van der Waals surface area contributed by atoms with Crippen molar-refractivity contribution in [3.63, 3.8) is 0 Å². The molecule has 0 heterocycles. The molecule has 0 bridgehead atoms. The van der Waals surface area contributed by atoms with E-state index >= 15 is 0 Å². The highest BCUT2D eigenvalue weighted by molar-refractivity contribution is 5.77. The third-order valence-corrected chi connectivity index (χ3v) is 2.72. The summed E-state index contributed by atoms with van der Waals surface area (Å²) in [7, 11) is 0. The van der Waals surface area contributed by atoms with Gasteiger partial charge in [-0.1, -0.05) is 30.3 Å². The van der Waals surface area contributed by atoms with Gasteiger partial charge in [0.05, 0.1) is 6.61 Å². The molecule has 2 N–H and O–H groups in total. The summed E-state index contributed by atoms with van der Waals surface area (Å²) in [5, 5.41) is 17.5. The smallest absolute Gasteiger partial charge is 0.303 e. The van der Waals surface area contributed by atoms with Crippen LogP contribution in [0.2, 0.25) is 0 Å². The van der Waals surface area contributed by atoms with Crippen molar-refractivity contribution in [3.8, 4) is 0 Å². The molecular weight excluding hydrogens is 246 g/mol. The number of carbonyl (C=O) groups excluding carboxylic acids is 1. The number of carboxylic acid groups (broad SMARTS) is 1. The van der Waals surface area contributed by atoms with Crippen LogP contribution in [0.3, 0.4) is 0 Å². The van der Waals surface area contributed by atoms with Gasteiger partial charge in [-0.3, -0.25) is 9.59 Å². The minimum absolute atomic E-state index is 0.00988. The number of carbonyl (C=O) groups is 2. The van der Waals surface area contributed by atoms with Crippen LogP contribution >= 0.6 is 0 Å². The Morgan fingerprint density at radius 3 is 2.37 bits per heavy atom.